The number of hydrogen-bond acceptors (Lipinski definition) is 4. The normalized spacial score (nSPS) is 12.5. The number of benzene rings is 1. The van der Waals surface area contributed by atoms with Crippen LogP contribution in [0.5, 0.6) is 0 Å². The molecule has 1 amide bonds. The Morgan fingerprint density at radius 1 is 1.20 bits per heavy atom. The molecule has 3 N–H and O–H groups in total. The first-order valence-corrected chi connectivity index (χ1v) is 8.69. The number of aromatic nitrogens is 2. The second-order valence-corrected chi connectivity index (χ2v) is 7.44. The lowest BCUT2D eigenvalue weighted by Gasteiger charge is -2.11. The van der Waals surface area contributed by atoms with Crippen LogP contribution in [0, 0.1) is 20.8 Å². The molecule has 6 nitrogen and oxygen atoms in total. The van der Waals surface area contributed by atoms with Crippen LogP contribution in [0.4, 0.5) is 0 Å². The van der Waals surface area contributed by atoms with Gasteiger partial charge in [0.15, 0.2) is 0 Å². The van der Waals surface area contributed by atoms with E-state index in [-0.39, 0.29) is 0 Å². The summed E-state index contributed by atoms with van der Waals surface area (Å²) in [7, 11) is 0. The number of nitrogens with one attached hydrogen (secondary N) is 1. The van der Waals surface area contributed by atoms with Crippen LogP contribution in [-0.2, 0) is 4.79 Å². The molecular formula is C18H19N3O3S. The number of nitrogens with two attached hydrogens (primary N) is 1. The van der Waals surface area contributed by atoms with Gasteiger partial charge < -0.3 is 5.73 Å². The number of H-pyrrole nitrogens is 1. The highest BCUT2D eigenvalue weighted by molar-refractivity contribution is 7.19. The van der Waals surface area contributed by atoms with Gasteiger partial charge in [-0.25, -0.2) is 9.36 Å². The van der Waals surface area contributed by atoms with E-state index in [1.54, 1.807) is 0 Å². The first-order chi connectivity index (χ1) is 11.7. The van der Waals surface area contributed by atoms with Gasteiger partial charge >= 0.3 is 5.69 Å². The van der Waals surface area contributed by atoms with E-state index in [1.165, 1.54) is 18.3 Å². The maximum atomic E-state index is 13.0. The highest BCUT2D eigenvalue weighted by atomic mass is 32.1. The minimum Gasteiger partial charge on any atom is -0.368 e. The van der Waals surface area contributed by atoms with Crippen LogP contribution in [0.15, 0.2) is 27.8 Å². The van der Waals surface area contributed by atoms with E-state index >= 15 is 0 Å². The van der Waals surface area contributed by atoms with Crippen LogP contribution in [-0.4, -0.2) is 15.5 Å². The number of aryl methyl sites for hydroxylation is 3. The van der Waals surface area contributed by atoms with Gasteiger partial charge in [-0.2, -0.15) is 0 Å². The Morgan fingerprint density at radius 3 is 2.48 bits per heavy atom. The third-order valence-electron chi connectivity index (χ3n) is 4.55. The molecule has 2 heterocycles. The number of carbonyl (C=O) groups is 1. The van der Waals surface area contributed by atoms with Crippen molar-refractivity contribution in [3.63, 3.8) is 0 Å². The first-order valence-electron chi connectivity index (χ1n) is 7.87. The van der Waals surface area contributed by atoms with Crippen molar-refractivity contribution in [3.05, 3.63) is 55.0 Å². The average molecular weight is 357 g/mol. The van der Waals surface area contributed by atoms with Gasteiger partial charge in [-0.15, -0.1) is 11.3 Å². The van der Waals surface area contributed by atoms with Crippen LogP contribution >= 0.6 is 11.3 Å². The summed E-state index contributed by atoms with van der Waals surface area (Å²) in [6.07, 6.45) is 0. The zero-order valence-electron chi connectivity index (χ0n) is 14.5. The molecule has 0 bridgehead atoms. The summed E-state index contributed by atoms with van der Waals surface area (Å²) >= 11 is 1.36. The predicted molar refractivity (Wildman–Crippen MR) is 100 cm³/mol. The highest BCUT2D eigenvalue weighted by Crippen LogP contribution is 2.35. The Hall–Kier alpha value is -2.67. The van der Waals surface area contributed by atoms with E-state index in [2.05, 4.69) is 4.98 Å². The minimum atomic E-state index is -1.02. The summed E-state index contributed by atoms with van der Waals surface area (Å²) < 4.78 is 0.890. The Morgan fingerprint density at radius 2 is 1.88 bits per heavy atom. The summed E-state index contributed by atoms with van der Waals surface area (Å²) in [6.45, 7) is 7.39. The molecule has 3 rings (SSSR count). The second-order valence-electron chi connectivity index (χ2n) is 6.22. The van der Waals surface area contributed by atoms with E-state index < -0.39 is 23.2 Å². The smallest absolute Gasteiger partial charge is 0.330 e. The van der Waals surface area contributed by atoms with Crippen LogP contribution in [0.2, 0.25) is 0 Å². The fourth-order valence-electron chi connectivity index (χ4n) is 2.93. The number of rotatable bonds is 3. The highest BCUT2D eigenvalue weighted by Gasteiger charge is 2.22. The van der Waals surface area contributed by atoms with Crippen molar-refractivity contribution in [2.75, 3.05) is 0 Å². The van der Waals surface area contributed by atoms with Crippen molar-refractivity contribution in [2.45, 2.75) is 33.7 Å². The quantitative estimate of drug-likeness (QED) is 0.753. The Kier molecular flexibility index (Phi) is 4.12. The van der Waals surface area contributed by atoms with Crippen molar-refractivity contribution in [3.8, 4) is 11.1 Å². The summed E-state index contributed by atoms with van der Waals surface area (Å²) in [4.78, 5) is 40.9. The molecule has 130 valence electrons. The molecular weight excluding hydrogens is 338 g/mol. The molecule has 1 aromatic carbocycles. The van der Waals surface area contributed by atoms with Crippen LogP contribution < -0.4 is 17.0 Å². The zero-order chi connectivity index (χ0) is 18.5. The number of primary amides is 1. The summed E-state index contributed by atoms with van der Waals surface area (Å²) in [5.74, 6) is -0.730. The maximum absolute atomic E-state index is 13.0. The van der Waals surface area contributed by atoms with Gasteiger partial charge in [0.1, 0.15) is 10.9 Å². The summed E-state index contributed by atoms with van der Waals surface area (Å²) in [5.41, 5.74) is 8.14. The molecule has 3 aromatic rings. The molecule has 2 aromatic heterocycles. The van der Waals surface area contributed by atoms with E-state index in [9.17, 15) is 14.4 Å². The Balaban J connectivity index is 2.41. The third kappa shape index (κ3) is 2.70. The first kappa shape index (κ1) is 17.2. The molecule has 25 heavy (non-hydrogen) atoms. The zero-order valence-corrected chi connectivity index (χ0v) is 15.3. The molecule has 0 aliphatic carbocycles. The molecule has 0 aliphatic heterocycles. The Labute approximate surface area is 147 Å². The Bertz CT molecular complexity index is 1120. The molecule has 0 aliphatic rings. The van der Waals surface area contributed by atoms with Gasteiger partial charge in [-0.3, -0.25) is 14.6 Å². The van der Waals surface area contributed by atoms with Crippen LogP contribution in [0.25, 0.3) is 21.3 Å². The molecule has 0 fully saturated rings. The summed E-state index contributed by atoms with van der Waals surface area (Å²) in [6, 6.07) is 4.97. The number of amides is 1. The van der Waals surface area contributed by atoms with Gasteiger partial charge in [-0.05, 0) is 44.4 Å². The van der Waals surface area contributed by atoms with Crippen molar-refractivity contribution in [1.82, 2.24) is 9.55 Å². The number of thiophene rings is 1. The minimum absolute atomic E-state index is 0.415. The standard InChI is InChI=1S/C18H19N3O3S/c1-8-5-6-12(7-9(8)2)13-11(4)25-16-14(13)17(23)21(18(24)20-16)10(3)15(19)22/h5-7,10H,1-4H3,(H2,19,22)(H,20,24). The lowest BCUT2D eigenvalue weighted by atomic mass is 9.99. The molecule has 1 atom stereocenters. The van der Waals surface area contributed by atoms with Gasteiger partial charge in [0.05, 0.1) is 5.39 Å². The monoisotopic (exact) mass is 357 g/mol. The van der Waals surface area contributed by atoms with E-state index in [0.717, 1.165) is 31.7 Å². The van der Waals surface area contributed by atoms with Crippen LogP contribution in [0.3, 0.4) is 0 Å². The molecule has 0 radical (unpaired) electrons. The number of nitrogens with zero attached hydrogens (tertiary/aromatic N) is 1. The average Bonchev–Trinajstić information content (AvgIpc) is 2.86. The van der Waals surface area contributed by atoms with E-state index in [1.807, 2.05) is 39.0 Å². The second kappa shape index (κ2) is 6.00. The van der Waals surface area contributed by atoms with Gasteiger partial charge in [0, 0.05) is 10.4 Å². The van der Waals surface area contributed by atoms with Gasteiger partial charge in [0.25, 0.3) is 5.56 Å². The van der Waals surface area contributed by atoms with Crippen molar-refractivity contribution < 1.29 is 4.79 Å². The number of aromatic amines is 1. The van der Waals surface area contributed by atoms with E-state index in [4.69, 9.17) is 5.73 Å². The lowest BCUT2D eigenvalue weighted by Crippen LogP contribution is -2.41. The summed E-state index contributed by atoms with van der Waals surface area (Å²) in [5, 5.41) is 0.415. The molecule has 0 spiro atoms. The van der Waals surface area contributed by atoms with E-state index in [0.29, 0.717) is 10.2 Å². The molecule has 7 heteroatoms. The molecule has 0 saturated heterocycles. The van der Waals surface area contributed by atoms with Crippen LogP contribution in [0.1, 0.15) is 29.0 Å². The predicted octanol–water partition coefficient (Wildman–Crippen LogP) is 2.39. The number of hydrogen-bond donors (Lipinski definition) is 2. The third-order valence-corrected chi connectivity index (χ3v) is 5.57. The lowest BCUT2D eigenvalue weighted by molar-refractivity contribution is -0.120. The van der Waals surface area contributed by atoms with Crippen molar-refractivity contribution in [2.24, 2.45) is 5.73 Å². The largest absolute Gasteiger partial charge is 0.368 e. The van der Waals surface area contributed by atoms with Gasteiger partial charge in [-0.1, -0.05) is 18.2 Å². The molecule has 1 unspecified atom stereocenters. The van der Waals surface area contributed by atoms with Gasteiger partial charge in [0.2, 0.25) is 5.91 Å². The van der Waals surface area contributed by atoms with Crippen molar-refractivity contribution >= 4 is 27.5 Å². The number of fused-ring (bicyclic) bond motifs is 1. The fourth-order valence-corrected chi connectivity index (χ4v) is 3.99. The SMILES string of the molecule is Cc1ccc(-c2c(C)sc3[nH]c(=O)n(C(C)C(N)=O)c(=O)c23)cc1C. The number of carbonyl (C=O) groups excluding carboxylic acids is 1. The maximum Gasteiger partial charge on any atom is 0.330 e. The fraction of sp³-hybridized carbons (Fsp3) is 0.278. The molecule has 0 saturated carbocycles. The van der Waals surface area contributed by atoms with Crippen molar-refractivity contribution in [1.29, 1.82) is 0 Å². The topological polar surface area (TPSA) is 97.9 Å².